The Labute approximate surface area is 107 Å². The molecule has 0 radical (unpaired) electrons. The molecular formula is C15H16N2O. The number of hydrogen-bond donors (Lipinski definition) is 1. The van der Waals surface area contributed by atoms with E-state index in [0.29, 0.717) is 5.69 Å². The summed E-state index contributed by atoms with van der Waals surface area (Å²) in [5.74, 6) is -0.174. The zero-order chi connectivity index (χ0) is 13.1. The second-order valence-electron chi connectivity index (χ2n) is 4.49. The van der Waals surface area contributed by atoms with Crippen LogP contribution in [0.4, 0.5) is 5.69 Å². The number of carbonyl (C=O) groups is 1. The number of nitrogens with zero attached hydrogens (tertiary/aromatic N) is 1. The van der Waals surface area contributed by atoms with Crippen molar-refractivity contribution in [1.29, 1.82) is 0 Å². The van der Waals surface area contributed by atoms with Crippen LogP contribution in [0.25, 0.3) is 0 Å². The second-order valence-corrected chi connectivity index (χ2v) is 4.49. The van der Waals surface area contributed by atoms with Crippen LogP contribution in [0.3, 0.4) is 0 Å². The van der Waals surface area contributed by atoms with Gasteiger partial charge in [-0.15, -0.1) is 0 Å². The van der Waals surface area contributed by atoms with E-state index in [1.807, 2.05) is 51.1 Å². The molecule has 0 unspecified atom stereocenters. The van der Waals surface area contributed by atoms with E-state index in [9.17, 15) is 4.79 Å². The van der Waals surface area contributed by atoms with E-state index in [-0.39, 0.29) is 5.91 Å². The summed E-state index contributed by atoms with van der Waals surface area (Å²) < 4.78 is 0. The molecule has 0 atom stereocenters. The van der Waals surface area contributed by atoms with Crippen molar-refractivity contribution in [3.63, 3.8) is 0 Å². The lowest BCUT2D eigenvalue weighted by Gasteiger charge is -2.07. The van der Waals surface area contributed by atoms with Crippen LogP contribution >= 0.6 is 0 Å². The number of carbonyl (C=O) groups excluding carboxylic acids is 1. The highest BCUT2D eigenvalue weighted by atomic mass is 16.1. The van der Waals surface area contributed by atoms with Crippen LogP contribution in [-0.2, 0) is 0 Å². The summed E-state index contributed by atoms with van der Waals surface area (Å²) in [4.78, 5) is 16.3. The summed E-state index contributed by atoms with van der Waals surface area (Å²) in [6.07, 6.45) is 0. The molecule has 1 N–H and O–H groups in total. The minimum atomic E-state index is -0.174. The van der Waals surface area contributed by atoms with Gasteiger partial charge in [0.15, 0.2) is 0 Å². The smallest absolute Gasteiger partial charge is 0.274 e. The van der Waals surface area contributed by atoms with Gasteiger partial charge in [0, 0.05) is 11.4 Å². The molecule has 1 heterocycles. The van der Waals surface area contributed by atoms with E-state index in [0.717, 1.165) is 22.5 Å². The van der Waals surface area contributed by atoms with Crippen molar-refractivity contribution in [1.82, 2.24) is 4.98 Å². The van der Waals surface area contributed by atoms with Gasteiger partial charge in [-0.25, -0.2) is 4.98 Å². The summed E-state index contributed by atoms with van der Waals surface area (Å²) in [6, 6.07) is 11.4. The molecule has 18 heavy (non-hydrogen) atoms. The number of anilines is 1. The normalized spacial score (nSPS) is 10.2. The van der Waals surface area contributed by atoms with Crippen LogP contribution in [0, 0.1) is 20.8 Å². The standard InChI is InChI=1S/C15H16N2O/c1-10-5-4-6-13(8-10)17-15(18)14-9-11(2)7-12(3)16-14/h4-9H,1-3H3,(H,17,18). The van der Waals surface area contributed by atoms with Crippen molar-refractivity contribution in [2.24, 2.45) is 0 Å². The molecule has 3 heteroatoms. The lowest BCUT2D eigenvalue weighted by molar-refractivity contribution is 0.102. The third kappa shape index (κ3) is 2.94. The van der Waals surface area contributed by atoms with Crippen LogP contribution in [0.1, 0.15) is 27.3 Å². The average Bonchev–Trinajstić information content (AvgIpc) is 2.27. The molecule has 92 valence electrons. The Morgan fingerprint density at radius 1 is 1.06 bits per heavy atom. The number of rotatable bonds is 2. The van der Waals surface area contributed by atoms with Gasteiger partial charge < -0.3 is 5.32 Å². The van der Waals surface area contributed by atoms with Gasteiger partial charge in [0.1, 0.15) is 5.69 Å². The monoisotopic (exact) mass is 240 g/mol. The number of aromatic nitrogens is 1. The molecule has 0 bridgehead atoms. The minimum absolute atomic E-state index is 0.174. The van der Waals surface area contributed by atoms with Gasteiger partial charge in [-0.2, -0.15) is 0 Å². The number of nitrogens with one attached hydrogen (secondary N) is 1. The lowest BCUT2D eigenvalue weighted by Crippen LogP contribution is -2.14. The highest BCUT2D eigenvalue weighted by molar-refractivity contribution is 6.03. The third-order valence-corrected chi connectivity index (χ3v) is 2.61. The van der Waals surface area contributed by atoms with Crippen molar-refractivity contribution in [2.45, 2.75) is 20.8 Å². The fraction of sp³-hybridized carbons (Fsp3) is 0.200. The third-order valence-electron chi connectivity index (χ3n) is 2.61. The molecule has 2 aromatic rings. The van der Waals surface area contributed by atoms with Gasteiger partial charge in [0.2, 0.25) is 0 Å². The van der Waals surface area contributed by atoms with Crippen molar-refractivity contribution < 1.29 is 4.79 Å². The van der Waals surface area contributed by atoms with Crippen LogP contribution in [0.2, 0.25) is 0 Å². The molecular weight excluding hydrogens is 224 g/mol. The summed E-state index contributed by atoms with van der Waals surface area (Å²) in [5, 5.41) is 2.85. The predicted octanol–water partition coefficient (Wildman–Crippen LogP) is 3.26. The molecule has 1 amide bonds. The van der Waals surface area contributed by atoms with E-state index < -0.39 is 0 Å². The molecule has 2 rings (SSSR count). The average molecular weight is 240 g/mol. The van der Waals surface area contributed by atoms with Crippen molar-refractivity contribution in [2.75, 3.05) is 5.32 Å². The van der Waals surface area contributed by atoms with Crippen LogP contribution in [0.15, 0.2) is 36.4 Å². The summed E-state index contributed by atoms with van der Waals surface area (Å²) in [6.45, 7) is 5.83. The Hall–Kier alpha value is -2.16. The van der Waals surface area contributed by atoms with Crippen molar-refractivity contribution in [3.05, 3.63) is 58.9 Å². The Kier molecular flexibility index (Phi) is 3.42. The van der Waals surface area contributed by atoms with Gasteiger partial charge in [-0.3, -0.25) is 4.79 Å². The number of aryl methyl sites for hydroxylation is 3. The van der Waals surface area contributed by atoms with E-state index in [4.69, 9.17) is 0 Å². The van der Waals surface area contributed by atoms with Gasteiger partial charge in [-0.05, 0) is 56.2 Å². The first kappa shape index (κ1) is 12.3. The molecule has 0 aliphatic carbocycles. The molecule has 0 saturated heterocycles. The van der Waals surface area contributed by atoms with Crippen LogP contribution in [0.5, 0.6) is 0 Å². The molecule has 1 aromatic heterocycles. The Morgan fingerprint density at radius 2 is 1.83 bits per heavy atom. The largest absolute Gasteiger partial charge is 0.321 e. The van der Waals surface area contributed by atoms with Gasteiger partial charge >= 0.3 is 0 Å². The lowest BCUT2D eigenvalue weighted by atomic mass is 10.2. The zero-order valence-corrected chi connectivity index (χ0v) is 10.8. The fourth-order valence-electron chi connectivity index (χ4n) is 1.88. The van der Waals surface area contributed by atoms with Gasteiger partial charge in [0.25, 0.3) is 5.91 Å². The maximum atomic E-state index is 12.1. The predicted molar refractivity (Wildman–Crippen MR) is 72.8 cm³/mol. The SMILES string of the molecule is Cc1cccc(NC(=O)c2cc(C)cc(C)n2)c1. The molecule has 3 nitrogen and oxygen atoms in total. The molecule has 0 spiro atoms. The molecule has 1 aromatic carbocycles. The van der Waals surface area contributed by atoms with Crippen LogP contribution < -0.4 is 5.32 Å². The zero-order valence-electron chi connectivity index (χ0n) is 10.8. The summed E-state index contributed by atoms with van der Waals surface area (Å²) in [7, 11) is 0. The first-order valence-electron chi connectivity index (χ1n) is 5.88. The molecule has 0 aliphatic rings. The van der Waals surface area contributed by atoms with E-state index in [2.05, 4.69) is 10.3 Å². The molecule has 0 saturated carbocycles. The quantitative estimate of drug-likeness (QED) is 0.875. The van der Waals surface area contributed by atoms with Crippen LogP contribution in [-0.4, -0.2) is 10.9 Å². The maximum absolute atomic E-state index is 12.1. The van der Waals surface area contributed by atoms with E-state index >= 15 is 0 Å². The summed E-state index contributed by atoms with van der Waals surface area (Å²) >= 11 is 0. The Balaban J connectivity index is 2.22. The second kappa shape index (κ2) is 5.00. The number of amides is 1. The van der Waals surface area contributed by atoms with Gasteiger partial charge in [-0.1, -0.05) is 12.1 Å². The van der Waals surface area contributed by atoms with E-state index in [1.165, 1.54) is 0 Å². The number of benzene rings is 1. The van der Waals surface area contributed by atoms with Crippen molar-refractivity contribution >= 4 is 11.6 Å². The Bertz CT molecular complexity index is 571. The van der Waals surface area contributed by atoms with Gasteiger partial charge in [0.05, 0.1) is 0 Å². The topological polar surface area (TPSA) is 42.0 Å². The number of pyridine rings is 1. The first-order valence-corrected chi connectivity index (χ1v) is 5.88. The highest BCUT2D eigenvalue weighted by Crippen LogP contribution is 2.12. The van der Waals surface area contributed by atoms with Crippen molar-refractivity contribution in [3.8, 4) is 0 Å². The first-order chi connectivity index (χ1) is 8.54. The fourth-order valence-corrected chi connectivity index (χ4v) is 1.88. The summed E-state index contributed by atoms with van der Waals surface area (Å²) in [5.41, 5.74) is 4.25. The molecule has 0 fully saturated rings. The van der Waals surface area contributed by atoms with E-state index in [1.54, 1.807) is 6.07 Å². The minimum Gasteiger partial charge on any atom is -0.321 e. The maximum Gasteiger partial charge on any atom is 0.274 e. The Morgan fingerprint density at radius 3 is 2.50 bits per heavy atom. The molecule has 0 aliphatic heterocycles. The highest BCUT2D eigenvalue weighted by Gasteiger charge is 2.08. The number of hydrogen-bond acceptors (Lipinski definition) is 2.